The van der Waals surface area contributed by atoms with Crippen molar-refractivity contribution in [1.82, 2.24) is 24.6 Å². The predicted molar refractivity (Wildman–Crippen MR) is 95.3 cm³/mol. The zero-order valence-electron chi connectivity index (χ0n) is 14.8. The third-order valence-electron chi connectivity index (χ3n) is 5.49. The Morgan fingerprint density at radius 2 is 2.00 bits per heavy atom. The smallest absolute Gasteiger partial charge is 0.267 e. The summed E-state index contributed by atoms with van der Waals surface area (Å²) in [6.07, 6.45) is 10.1. The molecule has 132 valence electrons. The van der Waals surface area contributed by atoms with Crippen LogP contribution < -0.4 is 5.56 Å². The molecule has 2 aliphatic rings. The maximum atomic E-state index is 12.5. The van der Waals surface area contributed by atoms with E-state index in [1.165, 1.54) is 12.8 Å². The molecule has 1 atom stereocenters. The molecule has 0 saturated carbocycles. The molecule has 1 aliphatic carbocycles. The summed E-state index contributed by atoms with van der Waals surface area (Å²) >= 11 is 0. The molecule has 2 aromatic rings. The first-order valence-corrected chi connectivity index (χ1v) is 9.31. The number of hydrogen-bond donors (Lipinski definition) is 0. The molecule has 6 heteroatoms. The van der Waals surface area contributed by atoms with Crippen LogP contribution in [0.5, 0.6) is 0 Å². The molecule has 3 heterocycles. The predicted octanol–water partition coefficient (Wildman–Crippen LogP) is 1.89. The number of fused-ring (bicyclic) bond motifs is 1. The number of aryl methyl sites for hydroxylation is 3. The Kier molecular flexibility index (Phi) is 4.61. The molecule has 1 saturated heterocycles. The zero-order valence-corrected chi connectivity index (χ0v) is 14.8. The van der Waals surface area contributed by atoms with E-state index in [9.17, 15) is 4.79 Å². The standard InChI is InChI=1S/C19H25N5O/c1-14-18(21-9-8-20-14)13-23-10-4-6-16(23)12-24-19(25)11-15-5-2-3-7-17(15)22-24/h8-9,11,16H,2-7,10,12-13H2,1H3. The third kappa shape index (κ3) is 3.49. The summed E-state index contributed by atoms with van der Waals surface area (Å²) in [7, 11) is 0. The van der Waals surface area contributed by atoms with Gasteiger partial charge in [-0.05, 0) is 57.6 Å². The Morgan fingerprint density at radius 1 is 1.16 bits per heavy atom. The number of aromatic nitrogens is 4. The van der Waals surface area contributed by atoms with Gasteiger partial charge in [0.25, 0.3) is 5.56 Å². The van der Waals surface area contributed by atoms with Crippen LogP contribution in [0.4, 0.5) is 0 Å². The molecule has 0 radical (unpaired) electrons. The van der Waals surface area contributed by atoms with E-state index in [4.69, 9.17) is 0 Å². The van der Waals surface area contributed by atoms with Crippen LogP contribution in [0, 0.1) is 6.92 Å². The second kappa shape index (κ2) is 7.04. The Labute approximate surface area is 147 Å². The first kappa shape index (κ1) is 16.4. The van der Waals surface area contributed by atoms with Gasteiger partial charge in [-0.25, -0.2) is 4.68 Å². The van der Waals surface area contributed by atoms with Crippen molar-refractivity contribution in [3.8, 4) is 0 Å². The van der Waals surface area contributed by atoms with Crippen LogP contribution in [-0.4, -0.2) is 37.2 Å². The van der Waals surface area contributed by atoms with Crippen molar-refractivity contribution in [3.05, 3.63) is 51.5 Å². The monoisotopic (exact) mass is 339 g/mol. The third-order valence-corrected chi connectivity index (χ3v) is 5.49. The van der Waals surface area contributed by atoms with Gasteiger partial charge in [0.15, 0.2) is 0 Å². The highest BCUT2D eigenvalue weighted by atomic mass is 16.1. The van der Waals surface area contributed by atoms with Crippen molar-refractivity contribution in [3.63, 3.8) is 0 Å². The highest BCUT2D eigenvalue weighted by Crippen LogP contribution is 2.22. The Balaban J connectivity index is 1.52. The first-order chi connectivity index (χ1) is 12.2. The van der Waals surface area contributed by atoms with E-state index < -0.39 is 0 Å². The second-order valence-electron chi connectivity index (χ2n) is 7.20. The lowest BCUT2D eigenvalue weighted by Crippen LogP contribution is -2.37. The van der Waals surface area contributed by atoms with Crippen molar-refractivity contribution in [2.45, 2.75) is 64.6 Å². The van der Waals surface area contributed by atoms with Gasteiger partial charge in [-0.2, -0.15) is 5.10 Å². The minimum Gasteiger partial charge on any atom is -0.293 e. The molecule has 1 aliphatic heterocycles. The van der Waals surface area contributed by atoms with Gasteiger partial charge in [0, 0.05) is 31.0 Å². The average molecular weight is 339 g/mol. The Bertz CT molecular complexity index is 816. The molecule has 6 nitrogen and oxygen atoms in total. The Hall–Kier alpha value is -2.08. The number of nitrogens with zero attached hydrogens (tertiary/aromatic N) is 5. The molecule has 0 spiro atoms. The minimum absolute atomic E-state index is 0.0446. The lowest BCUT2D eigenvalue weighted by atomic mass is 9.97. The maximum Gasteiger partial charge on any atom is 0.267 e. The molecule has 0 aromatic carbocycles. The van der Waals surface area contributed by atoms with Crippen LogP contribution in [0.2, 0.25) is 0 Å². The van der Waals surface area contributed by atoms with Crippen LogP contribution in [0.15, 0.2) is 23.3 Å². The van der Waals surface area contributed by atoms with E-state index in [1.807, 2.05) is 13.0 Å². The van der Waals surface area contributed by atoms with E-state index in [0.717, 1.165) is 61.4 Å². The fourth-order valence-corrected chi connectivity index (χ4v) is 4.03. The van der Waals surface area contributed by atoms with Crippen molar-refractivity contribution >= 4 is 0 Å². The van der Waals surface area contributed by atoms with E-state index in [-0.39, 0.29) is 5.56 Å². The topological polar surface area (TPSA) is 63.9 Å². The van der Waals surface area contributed by atoms with Gasteiger partial charge in [-0.1, -0.05) is 0 Å². The minimum atomic E-state index is 0.0446. The van der Waals surface area contributed by atoms with Crippen molar-refractivity contribution in [1.29, 1.82) is 0 Å². The fourth-order valence-electron chi connectivity index (χ4n) is 4.03. The van der Waals surface area contributed by atoms with Crippen LogP contribution in [0.1, 0.15) is 48.3 Å². The highest BCUT2D eigenvalue weighted by molar-refractivity contribution is 5.20. The van der Waals surface area contributed by atoms with Crippen LogP contribution in [-0.2, 0) is 25.9 Å². The van der Waals surface area contributed by atoms with Crippen LogP contribution >= 0.6 is 0 Å². The van der Waals surface area contributed by atoms with E-state index in [2.05, 4.69) is 20.0 Å². The second-order valence-corrected chi connectivity index (χ2v) is 7.20. The molecule has 1 unspecified atom stereocenters. The first-order valence-electron chi connectivity index (χ1n) is 9.31. The van der Waals surface area contributed by atoms with Gasteiger partial charge in [0.05, 0.1) is 23.6 Å². The van der Waals surface area contributed by atoms with E-state index in [1.54, 1.807) is 17.1 Å². The SMILES string of the molecule is Cc1nccnc1CN1CCCC1Cn1nc2c(cc1=O)CCCC2. The van der Waals surface area contributed by atoms with Crippen LogP contribution in [0.25, 0.3) is 0 Å². The summed E-state index contributed by atoms with van der Waals surface area (Å²) in [5, 5.41) is 4.68. The molecule has 2 aromatic heterocycles. The van der Waals surface area contributed by atoms with Crippen molar-refractivity contribution in [2.75, 3.05) is 6.54 Å². The van der Waals surface area contributed by atoms with Crippen LogP contribution in [0.3, 0.4) is 0 Å². The number of hydrogen-bond acceptors (Lipinski definition) is 5. The molecule has 0 amide bonds. The van der Waals surface area contributed by atoms with Gasteiger partial charge in [0.1, 0.15) is 0 Å². The summed E-state index contributed by atoms with van der Waals surface area (Å²) in [5.41, 5.74) is 4.34. The van der Waals surface area contributed by atoms with Crippen molar-refractivity contribution < 1.29 is 0 Å². The highest BCUT2D eigenvalue weighted by Gasteiger charge is 2.27. The molecule has 1 fully saturated rings. The summed E-state index contributed by atoms with van der Waals surface area (Å²) in [6.45, 7) is 4.51. The zero-order chi connectivity index (χ0) is 17.2. The summed E-state index contributed by atoms with van der Waals surface area (Å²) < 4.78 is 1.69. The molecular weight excluding hydrogens is 314 g/mol. The van der Waals surface area contributed by atoms with E-state index >= 15 is 0 Å². The molecule has 4 rings (SSSR count). The quantitative estimate of drug-likeness (QED) is 0.851. The molecule has 0 N–H and O–H groups in total. The lowest BCUT2D eigenvalue weighted by Gasteiger charge is -2.25. The maximum absolute atomic E-state index is 12.5. The van der Waals surface area contributed by atoms with Gasteiger partial charge in [-0.15, -0.1) is 0 Å². The number of rotatable bonds is 4. The summed E-state index contributed by atoms with van der Waals surface area (Å²) in [6, 6.07) is 2.15. The normalized spacial score (nSPS) is 20.6. The molecule has 25 heavy (non-hydrogen) atoms. The van der Waals surface area contributed by atoms with Gasteiger partial charge in [-0.3, -0.25) is 19.7 Å². The van der Waals surface area contributed by atoms with Gasteiger partial charge < -0.3 is 0 Å². The fraction of sp³-hybridized carbons (Fsp3) is 0.579. The van der Waals surface area contributed by atoms with Crippen molar-refractivity contribution in [2.24, 2.45) is 0 Å². The summed E-state index contributed by atoms with van der Waals surface area (Å²) in [4.78, 5) is 23.7. The van der Waals surface area contributed by atoms with E-state index in [0.29, 0.717) is 12.6 Å². The summed E-state index contributed by atoms with van der Waals surface area (Å²) in [5.74, 6) is 0. The average Bonchev–Trinajstić information content (AvgIpc) is 3.04. The number of likely N-dealkylation sites (tertiary alicyclic amines) is 1. The molecular formula is C19H25N5O. The van der Waals surface area contributed by atoms with Gasteiger partial charge >= 0.3 is 0 Å². The largest absolute Gasteiger partial charge is 0.293 e. The lowest BCUT2D eigenvalue weighted by molar-refractivity contribution is 0.213. The van der Waals surface area contributed by atoms with Gasteiger partial charge in [0.2, 0.25) is 0 Å². The molecule has 0 bridgehead atoms. The Morgan fingerprint density at radius 3 is 2.88 bits per heavy atom.